The summed E-state index contributed by atoms with van der Waals surface area (Å²) in [6, 6.07) is -0.200. The second kappa shape index (κ2) is 20.4. The molecule has 8 fully saturated rings. The average molecular weight is 1030 g/mol. The highest BCUT2D eigenvalue weighted by Crippen LogP contribution is 2.71. The highest BCUT2D eigenvalue weighted by Gasteiger charge is 2.68. The predicted octanol–water partition coefficient (Wildman–Crippen LogP) is 6.22. The Balaban J connectivity index is 1.06. The lowest BCUT2D eigenvalue weighted by Crippen LogP contribution is -2.62. The van der Waals surface area contributed by atoms with Crippen molar-refractivity contribution < 1.29 is 56.0 Å². The Kier molecular flexibility index (Phi) is 15.9. The van der Waals surface area contributed by atoms with Gasteiger partial charge < -0.3 is 31.1 Å². The average Bonchev–Trinajstić information content (AvgIpc) is 3.83. The van der Waals surface area contributed by atoms with E-state index in [0.717, 1.165) is 64.2 Å². The van der Waals surface area contributed by atoms with Crippen LogP contribution in [0.5, 0.6) is 0 Å². The molecular weight excluding hydrogens is 937 g/mol. The Bertz CT molecular complexity index is 2020. The van der Waals surface area contributed by atoms with Crippen LogP contribution in [0.3, 0.4) is 0 Å². The Hall–Kier alpha value is -1.80. The van der Waals surface area contributed by atoms with E-state index in [2.05, 4.69) is 52.2 Å². The fourth-order valence-electron chi connectivity index (χ4n) is 18.6. The van der Waals surface area contributed by atoms with Crippen LogP contribution in [0.15, 0.2) is 10.2 Å². The number of aliphatic hydroxyl groups is 4. The lowest BCUT2D eigenvalue weighted by atomic mass is 9.42. The van der Waals surface area contributed by atoms with Gasteiger partial charge in [-0.05, 0) is 195 Å². The number of azo groups is 1. The number of hydrogen-bond donors (Lipinski definition) is 8. The van der Waals surface area contributed by atoms with Crippen LogP contribution in [0.4, 0.5) is 0 Å². The third-order valence-corrected chi connectivity index (χ3v) is 23.9. The van der Waals surface area contributed by atoms with E-state index >= 15 is 0 Å². The van der Waals surface area contributed by atoms with E-state index in [0.29, 0.717) is 38.5 Å². The fourth-order valence-corrected chi connectivity index (χ4v) is 19.3. The fraction of sp³-hybridized carbons (Fsp3) is 0.962. The van der Waals surface area contributed by atoms with Gasteiger partial charge in [0.25, 0.3) is 20.2 Å². The van der Waals surface area contributed by atoms with E-state index in [4.69, 9.17) is 19.3 Å². The van der Waals surface area contributed by atoms with Gasteiger partial charge >= 0.3 is 0 Å². The number of fused-ring (bicyclic) bond motifs is 10. The highest BCUT2D eigenvalue weighted by atomic mass is 32.2. The first-order chi connectivity index (χ1) is 32.7. The maximum Gasteiger partial charge on any atom is 0.266 e. The zero-order chi connectivity index (χ0) is 50.9. The van der Waals surface area contributed by atoms with Crippen molar-refractivity contribution in [1.82, 2.24) is 10.6 Å². The van der Waals surface area contributed by atoms with Gasteiger partial charge in [-0.3, -0.25) is 18.7 Å². The molecule has 8 saturated carbocycles. The van der Waals surface area contributed by atoms with Crippen LogP contribution in [-0.2, 0) is 29.8 Å². The molecule has 0 radical (unpaired) electrons. The molecule has 22 atom stereocenters. The number of carbonyl (C=O) groups excluding carboxylic acids is 2. The van der Waals surface area contributed by atoms with Gasteiger partial charge in [-0.15, -0.1) is 0 Å². The van der Waals surface area contributed by atoms with Crippen molar-refractivity contribution in [1.29, 1.82) is 0 Å². The van der Waals surface area contributed by atoms with Gasteiger partial charge in [0.15, 0.2) is 0 Å². The predicted molar refractivity (Wildman–Crippen MR) is 264 cm³/mol. The molecule has 8 aliphatic rings. The molecule has 8 aliphatic carbocycles. The summed E-state index contributed by atoms with van der Waals surface area (Å²) < 4.78 is 63.1. The monoisotopic (exact) mass is 1020 g/mol. The van der Waals surface area contributed by atoms with Crippen molar-refractivity contribution in [2.75, 3.05) is 24.6 Å². The maximum atomic E-state index is 12.8. The van der Waals surface area contributed by atoms with E-state index < -0.39 is 54.8 Å². The summed E-state index contributed by atoms with van der Waals surface area (Å²) in [5.74, 6) is 0.554. The third kappa shape index (κ3) is 10.3. The van der Waals surface area contributed by atoms with Crippen LogP contribution in [0.25, 0.3) is 0 Å². The van der Waals surface area contributed by atoms with E-state index in [1.807, 2.05) is 0 Å². The molecule has 16 nitrogen and oxygen atoms in total. The molecule has 0 heterocycles. The third-order valence-electron chi connectivity index (χ3n) is 22.4. The summed E-state index contributed by atoms with van der Waals surface area (Å²) in [7, 11) is -8.37. The summed E-state index contributed by atoms with van der Waals surface area (Å²) >= 11 is 0. The van der Waals surface area contributed by atoms with Gasteiger partial charge in [-0.1, -0.05) is 41.5 Å². The van der Waals surface area contributed by atoms with Crippen molar-refractivity contribution in [3.05, 3.63) is 0 Å². The van der Waals surface area contributed by atoms with Crippen molar-refractivity contribution in [3.63, 3.8) is 0 Å². The van der Waals surface area contributed by atoms with Gasteiger partial charge in [0.2, 0.25) is 11.8 Å². The number of hydrogen-bond acceptors (Lipinski definition) is 12. The van der Waals surface area contributed by atoms with E-state index in [-0.39, 0.29) is 144 Å². The van der Waals surface area contributed by atoms with Crippen LogP contribution in [0, 0.1) is 92.7 Å². The summed E-state index contributed by atoms with van der Waals surface area (Å²) in [6.45, 7) is 13.4. The Morgan fingerprint density at radius 1 is 0.557 bits per heavy atom. The van der Waals surface area contributed by atoms with Gasteiger partial charge in [0.1, 0.15) is 0 Å². The Morgan fingerprint density at radius 2 is 0.929 bits per heavy atom. The molecule has 18 heteroatoms. The molecule has 8 N–H and O–H groups in total. The smallest absolute Gasteiger partial charge is 0.266 e. The van der Waals surface area contributed by atoms with Crippen molar-refractivity contribution in [2.45, 2.75) is 194 Å². The molecule has 0 bridgehead atoms. The lowest BCUT2D eigenvalue weighted by Gasteiger charge is -2.64. The Morgan fingerprint density at radius 3 is 1.29 bits per heavy atom. The van der Waals surface area contributed by atoms with E-state index in [9.17, 15) is 46.9 Å². The minimum absolute atomic E-state index is 0.0598. The van der Waals surface area contributed by atoms with Crippen LogP contribution >= 0.6 is 0 Å². The number of amides is 2. The maximum absolute atomic E-state index is 12.8. The number of carbonyl (C=O) groups is 2. The van der Waals surface area contributed by atoms with Crippen LogP contribution in [0.2, 0.25) is 0 Å². The molecule has 0 aromatic rings. The first-order valence-electron chi connectivity index (χ1n) is 27.3. The Labute approximate surface area is 418 Å². The molecule has 0 aromatic heterocycles. The molecule has 2 amide bonds. The van der Waals surface area contributed by atoms with Crippen molar-refractivity contribution in [3.8, 4) is 0 Å². The molecule has 400 valence electrons. The lowest BCUT2D eigenvalue weighted by molar-refractivity contribution is -0.184. The summed E-state index contributed by atoms with van der Waals surface area (Å²) in [5, 5.41) is 63.8. The highest BCUT2D eigenvalue weighted by molar-refractivity contribution is 7.86. The second-order valence-electron chi connectivity index (χ2n) is 25.6. The molecule has 18 unspecified atom stereocenters. The molecule has 8 rings (SSSR count). The first-order valence-corrected chi connectivity index (χ1v) is 30.5. The minimum Gasteiger partial charge on any atom is -0.393 e. The van der Waals surface area contributed by atoms with Gasteiger partial charge in [-0.25, -0.2) is 0 Å². The van der Waals surface area contributed by atoms with Crippen LogP contribution in [-0.4, -0.2) is 119 Å². The summed E-state index contributed by atoms with van der Waals surface area (Å²) in [5.41, 5.74) is -0.951. The largest absolute Gasteiger partial charge is 0.393 e. The van der Waals surface area contributed by atoms with Crippen LogP contribution in [0.1, 0.15) is 157 Å². The molecule has 0 aromatic carbocycles. The zero-order valence-electron chi connectivity index (χ0n) is 42.8. The molecular formula is C52H88N4O12S2. The van der Waals surface area contributed by atoms with E-state index in [1.165, 1.54) is 0 Å². The van der Waals surface area contributed by atoms with E-state index in [1.54, 1.807) is 0 Å². The number of nitrogens with zero attached hydrogens (tertiary/aromatic N) is 2. The summed E-state index contributed by atoms with van der Waals surface area (Å²) in [4.78, 5) is 25.6. The number of aliphatic hydroxyl groups excluding tert-OH is 4. The normalized spacial score (nSPS) is 46.6. The van der Waals surface area contributed by atoms with Gasteiger partial charge in [0, 0.05) is 25.9 Å². The zero-order valence-corrected chi connectivity index (χ0v) is 44.4. The van der Waals surface area contributed by atoms with Crippen molar-refractivity contribution >= 4 is 32.1 Å². The molecule has 0 spiro atoms. The van der Waals surface area contributed by atoms with Gasteiger partial charge in [-0.2, -0.15) is 27.1 Å². The summed E-state index contributed by atoms with van der Waals surface area (Å²) in [6.07, 6.45) is 11.2. The molecule has 0 aliphatic heterocycles. The topological polar surface area (TPSA) is 273 Å². The molecule has 0 saturated heterocycles. The van der Waals surface area contributed by atoms with Crippen LogP contribution < -0.4 is 10.6 Å². The number of rotatable bonds is 16. The standard InChI is InChI=1S/C52H88N4O12S2/c1-29(7-13-45(61)53-19-21-69(63,64)65)35-9-11-37-47-39(27-43(59)51(35,37)5)49(3)17-15-33(57)23-31(49)25-41(47)55-56-42-26-32-24-34(58)16-18-50(32,4)40-28-44(60)52(6)36(10-12-38(52)48(40)42)30(2)8-14-46(62)54-20-22-70(66,67)68/h29-44,47-48,57-60H,7-28H2,1-6H3,(H,53,61)(H,54,62)(H,63,64,65)(H,66,67,68)/t29?,30?,31?,32?,33?,34?,35?,36?,37?,38?,39?,40?,41?,42?,43?,44?,47?,48?,49-,50-,51+,52+/m0/s1. The second-order valence-corrected chi connectivity index (χ2v) is 28.7. The quantitative estimate of drug-likeness (QED) is 0.0633. The minimum atomic E-state index is -4.18. The van der Waals surface area contributed by atoms with Gasteiger partial charge in [0.05, 0.1) is 48.0 Å². The molecule has 70 heavy (non-hydrogen) atoms. The first kappa shape index (κ1) is 54.5. The van der Waals surface area contributed by atoms with Crippen molar-refractivity contribution in [2.24, 2.45) is 103 Å². The number of nitrogens with one attached hydrogen (secondary N) is 2. The SMILES string of the molecule is CC(CCC(=O)NCCS(=O)(=O)O)C1CCC2C3C(N=NC4CC5CC(O)CC[C@]5(C)C5CC(O)[C@]6(C)C(C(C)CCC(=O)NCCS(=O)(=O)O)CCC6C45)CC4CC(O)CC[C@]4(C)C3CC(O)[C@]12C.